The van der Waals surface area contributed by atoms with Crippen LogP contribution < -0.4 is 5.73 Å². The van der Waals surface area contributed by atoms with Crippen LogP contribution in [0.15, 0.2) is 60.8 Å². The van der Waals surface area contributed by atoms with Crippen molar-refractivity contribution in [1.29, 1.82) is 0 Å². The number of allylic oxidation sites excluding steroid dienone is 10. The lowest BCUT2D eigenvalue weighted by Gasteiger charge is -2.19. The maximum Gasteiger partial charge on any atom is 0.472 e. The number of unbranched alkanes of at least 4 members (excludes halogenated alkanes) is 19. The summed E-state index contributed by atoms with van der Waals surface area (Å²) in [6.45, 7) is 3.57. The van der Waals surface area contributed by atoms with Gasteiger partial charge in [0.15, 0.2) is 6.10 Å². The summed E-state index contributed by atoms with van der Waals surface area (Å²) in [6, 6.07) is 0. The quantitative estimate of drug-likeness (QED) is 0.0267. The zero-order chi connectivity index (χ0) is 41.8. The van der Waals surface area contributed by atoms with Crippen LogP contribution in [0.1, 0.15) is 194 Å². The van der Waals surface area contributed by atoms with Gasteiger partial charge >= 0.3 is 19.8 Å². The average Bonchev–Trinajstić information content (AvgIpc) is 3.20. The molecule has 10 heteroatoms. The summed E-state index contributed by atoms with van der Waals surface area (Å²) in [7, 11) is -4.39. The molecule has 0 saturated heterocycles. The van der Waals surface area contributed by atoms with Crippen LogP contribution in [-0.2, 0) is 32.7 Å². The number of ether oxygens (including phenoxy) is 2. The minimum absolute atomic E-state index is 0.0444. The van der Waals surface area contributed by atoms with E-state index in [-0.39, 0.29) is 32.6 Å². The maximum atomic E-state index is 12.6. The highest BCUT2D eigenvalue weighted by Crippen LogP contribution is 2.43. The van der Waals surface area contributed by atoms with Gasteiger partial charge in [-0.05, 0) is 77.0 Å². The Bertz CT molecular complexity index is 1120. The predicted octanol–water partition coefficient (Wildman–Crippen LogP) is 13.3. The van der Waals surface area contributed by atoms with Crippen molar-refractivity contribution in [2.45, 2.75) is 200 Å². The van der Waals surface area contributed by atoms with Crippen molar-refractivity contribution in [1.82, 2.24) is 0 Å². The molecule has 2 atom stereocenters. The van der Waals surface area contributed by atoms with Crippen molar-refractivity contribution >= 4 is 19.8 Å². The molecule has 57 heavy (non-hydrogen) atoms. The molecule has 1 unspecified atom stereocenters. The number of rotatable bonds is 42. The summed E-state index contributed by atoms with van der Waals surface area (Å²) < 4.78 is 32.8. The van der Waals surface area contributed by atoms with Crippen molar-refractivity contribution in [2.24, 2.45) is 5.73 Å². The van der Waals surface area contributed by atoms with E-state index in [2.05, 4.69) is 74.6 Å². The van der Waals surface area contributed by atoms with Gasteiger partial charge in [0, 0.05) is 19.4 Å². The minimum Gasteiger partial charge on any atom is -0.462 e. The Labute approximate surface area is 349 Å². The highest BCUT2D eigenvalue weighted by molar-refractivity contribution is 7.47. The molecule has 0 amide bonds. The van der Waals surface area contributed by atoms with Gasteiger partial charge in [-0.1, -0.05) is 164 Å². The van der Waals surface area contributed by atoms with E-state index in [0.717, 1.165) is 57.8 Å². The van der Waals surface area contributed by atoms with Gasteiger partial charge in [0.05, 0.1) is 13.2 Å². The lowest BCUT2D eigenvalue weighted by molar-refractivity contribution is -0.161. The lowest BCUT2D eigenvalue weighted by atomic mass is 10.0. The van der Waals surface area contributed by atoms with Crippen molar-refractivity contribution in [3.63, 3.8) is 0 Å². The van der Waals surface area contributed by atoms with E-state index in [9.17, 15) is 19.0 Å². The van der Waals surface area contributed by atoms with Crippen molar-refractivity contribution < 1.29 is 37.6 Å². The van der Waals surface area contributed by atoms with Gasteiger partial charge in [-0.3, -0.25) is 18.6 Å². The van der Waals surface area contributed by atoms with E-state index in [0.29, 0.717) is 6.42 Å². The second-order valence-corrected chi connectivity index (χ2v) is 16.3. The number of hydrogen-bond acceptors (Lipinski definition) is 8. The van der Waals surface area contributed by atoms with E-state index in [4.69, 9.17) is 24.3 Å². The largest absolute Gasteiger partial charge is 0.472 e. The molecule has 0 radical (unpaired) electrons. The van der Waals surface area contributed by atoms with Gasteiger partial charge < -0.3 is 20.1 Å². The Balaban J connectivity index is 4.14. The highest BCUT2D eigenvalue weighted by atomic mass is 31.2. The van der Waals surface area contributed by atoms with Crippen molar-refractivity contribution in [2.75, 3.05) is 26.4 Å². The lowest BCUT2D eigenvalue weighted by Crippen LogP contribution is -2.29. The average molecular weight is 822 g/mol. The fourth-order valence-electron chi connectivity index (χ4n) is 6.03. The molecule has 9 nitrogen and oxygen atoms in total. The summed E-state index contributed by atoms with van der Waals surface area (Å²) in [5.74, 6) is -0.879. The Hall–Kier alpha value is -2.29. The number of nitrogens with two attached hydrogens (primary N) is 1. The first-order chi connectivity index (χ1) is 27.8. The second-order valence-electron chi connectivity index (χ2n) is 14.9. The molecule has 330 valence electrons. The number of carbonyl (C=O) groups is 2. The molecule has 0 bridgehead atoms. The predicted molar refractivity (Wildman–Crippen MR) is 238 cm³/mol. The number of hydrogen-bond donors (Lipinski definition) is 2. The third-order valence-corrected chi connectivity index (χ3v) is 10.4. The van der Waals surface area contributed by atoms with Gasteiger partial charge in [-0.2, -0.15) is 0 Å². The fraction of sp³-hybridized carbons (Fsp3) is 0.745. The molecule has 0 saturated carbocycles. The molecule has 0 aliphatic carbocycles. The SMILES string of the molecule is CC/C=C\C/C=C\C/C=C\C/C=C\CCCCC(=O)O[C@H](COC(=O)CCCCCCCCCCCCC/C=C\CCCCCCCC)COP(=O)(O)OCCN. The molecular weight excluding hydrogens is 737 g/mol. The first kappa shape index (κ1) is 54.7. The monoisotopic (exact) mass is 822 g/mol. The smallest absolute Gasteiger partial charge is 0.462 e. The summed E-state index contributed by atoms with van der Waals surface area (Å²) in [5.41, 5.74) is 5.35. The maximum absolute atomic E-state index is 12.6. The Morgan fingerprint density at radius 1 is 0.544 bits per heavy atom. The third kappa shape index (κ3) is 43.1. The molecule has 0 spiro atoms. The van der Waals surface area contributed by atoms with Crippen LogP contribution in [0.3, 0.4) is 0 Å². The zero-order valence-electron chi connectivity index (χ0n) is 36.3. The van der Waals surface area contributed by atoms with Crippen LogP contribution in [0.4, 0.5) is 0 Å². The Morgan fingerprint density at radius 3 is 1.49 bits per heavy atom. The summed E-state index contributed by atoms with van der Waals surface area (Å²) >= 11 is 0. The summed E-state index contributed by atoms with van der Waals surface area (Å²) in [5, 5.41) is 0. The van der Waals surface area contributed by atoms with Crippen molar-refractivity contribution in [3.8, 4) is 0 Å². The van der Waals surface area contributed by atoms with E-state index >= 15 is 0 Å². The van der Waals surface area contributed by atoms with Crippen LogP contribution in [-0.4, -0.2) is 49.3 Å². The first-order valence-corrected chi connectivity index (χ1v) is 24.3. The van der Waals surface area contributed by atoms with E-state index in [1.165, 1.54) is 103 Å². The van der Waals surface area contributed by atoms with Gasteiger partial charge in [0.25, 0.3) is 0 Å². The normalized spacial score (nSPS) is 13.8. The Morgan fingerprint density at radius 2 is 0.965 bits per heavy atom. The number of phosphoric acid groups is 1. The second kappa shape index (κ2) is 43.3. The van der Waals surface area contributed by atoms with Gasteiger partial charge in [0.1, 0.15) is 6.61 Å². The number of carbonyl (C=O) groups excluding carboxylic acids is 2. The molecule has 0 aliphatic rings. The molecule has 0 rings (SSSR count). The molecule has 0 aromatic rings. The van der Waals surface area contributed by atoms with Gasteiger partial charge in [-0.25, -0.2) is 4.57 Å². The molecule has 0 aromatic heterocycles. The zero-order valence-corrected chi connectivity index (χ0v) is 37.2. The fourth-order valence-corrected chi connectivity index (χ4v) is 6.80. The standard InChI is InChI=1S/C47H84NO8P/c1-3-5-7-9-11-13-15-17-19-20-21-22-23-24-26-27-29-31-33-35-37-39-46(49)53-43-45(44-55-57(51,52)54-42-41-48)56-47(50)40-38-36-34-32-30-28-25-18-16-14-12-10-8-6-4-2/h6,8,12,14,17-19,25,30,32,45H,3-5,7,9-11,13,15-16,20-24,26-29,31,33-44,48H2,1-2H3,(H,51,52)/b8-6-,14-12-,19-17-,25-18-,32-30-/t45-/m1/s1. The van der Waals surface area contributed by atoms with Crippen LogP contribution >= 0.6 is 7.82 Å². The van der Waals surface area contributed by atoms with Crippen LogP contribution in [0.5, 0.6) is 0 Å². The molecule has 0 aliphatic heterocycles. The van der Waals surface area contributed by atoms with E-state index in [1.807, 2.05) is 0 Å². The van der Waals surface area contributed by atoms with Crippen LogP contribution in [0.2, 0.25) is 0 Å². The Kier molecular flexibility index (Phi) is 41.6. The molecular formula is C47H84NO8P. The molecule has 3 N–H and O–H groups in total. The van der Waals surface area contributed by atoms with Crippen LogP contribution in [0, 0.1) is 0 Å². The molecule has 0 aromatic carbocycles. The first-order valence-electron chi connectivity index (χ1n) is 22.8. The van der Waals surface area contributed by atoms with Crippen LogP contribution in [0.25, 0.3) is 0 Å². The number of phosphoric ester groups is 1. The minimum atomic E-state index is -4.39. The van der Waals surface area contributed by atoms with E-state index in [1.54, 1.807) is 0 Å². The number of esters is 2. The topological polar surface area (TPSA) is 134 Å². The molecule has 0 heterocycles. The van der Waals surface area contributed by atoms with Crippen molar-refractivity contribution in [3.05, 3.63) is 60.8 Å². The van der Waals surface area contributed by atoms with Gasteiger partial charge in [-0.15, -0.1) is 0 Å². The highest BCUT2D eigenvalue weighted by Gasteiger charge is 2.26. The summed E-state index contributed by atoms with van der Waals surface area (Å²) in [6.07, 6.45) is 51.2. The molecule has 0 fully saturated rings. The van der Waals surface area contributed by atoms with E-state index < -0.39 is 32.5 Å². The summed E-state index contributed by atoms with van der Waals surface area (Å²) in [4.78, 5) is 34.9. The van der Waals surface area contributed by atoms with Gasteiger partial charge in [0.2, 0.25) is 0 Å². The third-order valence-electron chi connectivity index (χ3n) is 9.39.